The molecule has 0 saturated heterocycles. The quantitative estimate of drug-likeness (QED) is 0.730. The third kappa shape index (κ3) is 3.30. The van der Waals surface area contributed by atoms with Crippen LogP contribution in [0.15, 0.2) is 31.0 Å². The Morgan fingerprint density at radius 2 is 2.41 bits per heavy atom. The van der Waals surface area contributed by atoms with Crippen molar-refractivity contribution in [2.75, 3.05) is 18.0 Å². The zero-order chi connectivity index (χ0) is 12.1. The minimum atomic E-state index is 0.734. The van der Waals surface area contributed by atoms with Crippen LogP contribution in [0.5, 0.6) is 0 Å². The van der Waals surface area contributed by atoms with Gasteiger partial charge in [0.2, 0.25) is 0 Å². The topological polar surface area (TPSA) is 28.2 Å². The number of nitrogens with zero attached hydrogens (tertiary/aromatic N) is 2. The van der Waals surface area contributed by atoms with Crippen LogP contribution in [0.3, 0.4) is 0 Å². The highest BCUT2D eigenvalue weighted by Gasteiger charge is 2.21. The molecule has 0 unspecified atom stereocenters. The van der Waals surface area contributed by atoms with E-state index in [2.05, 4.69) is 34.8 Å². The zero-order valence-corrected chi connectivity index (χ0v) is 10.5. The summed E-state index contributed by atoms with van der Waals surface area (Å²) in [6.45, 7) is 8.68. The fraction of sp³-hybridized carbons (Fsp3) is 0.500. The third-order valence-corrected chi connectivity index (χ3v) is 3.06. The summed E-state index contributed by atoms with van der Waals surface area (Å²) in [6, 6.07) is 4.90. The first-order chi connectivity index (χ1) is 8.35. The SMILES string of the molecule is C=CCN(CC)c1ncccc1CNC1CC1. The lowest BCUT2D eigenvalue weighted by atomic mass is 10.2. The monoisotopic (exact) mass is 231 g/mol. The van der Waals surface area contributed by atoms with Crippen molar-refractivity contribution in [3.63, 3.8) is 0 Å². The second-order valence-electron chi connectivity index (χ2n) is 4.47. The number of hydrogen-bond acceptors (Lipinski definition) is 3. The molecule has 0 radical (unpaired) electrons. The van der Waals surface area contributed by atoms with Gasteiger partial charge in [0, 0.05) is 37.4 Å². The molecule has 1 aliphatic carbocycles. The van der Waals surface area contributed by atoms with Crippen LogP contribution in [-0.2, 0) is 6.54 Å². The van der Waals surface area contributed by atoms with E-state index < -0.39 is 0 Å². The van der Waals surface area contributed by atoms with E-state index >= 15 is 0 Å². The Balaban J connectivity index is 2.09. The van der Waals surface area contributed by atoms with Crippen LogP contribution in [0.4, 0.5) is 5.82 Å². The van der Waals surface area contributed by atoms with Crippen molar-refractivity contribution in [3.8, 4) is 0 Å². The minimum Gasteiger partial charge on any atom is -0.353 e. The van der Waals surface area contributed by atoms with E-state index in [4.69, 9.17) is 0 Å². The van der Waals surface area contributed by atoms with Crippen LogP contribution >= 0.6 is 0 Å². The molecule has 0 atom stereocenters. The first-order valence-electron chi connectivity index (χ1n) is 6.38. The number of pyridine rings is 1. The van der Waals surface area contributed by atoms with E-state index in [9.17, 15) is 0 Å². The van der Waals surface area contributed by atoms with Gasteiger partial charge >= 0.3 is 0 Å². The maximum atomic E-state index is 4.50. The number of nitrogens with one attached hydrogen (secondary N) is 1. The predicted molar refractivity (Wildman–Crippen MR) is 72.2 cm³/mol. The molecule has 0 aliphatic heterocycles. The Bertz CT molecular complexity index is 371. The highest BCUT2D eigenvalue weighted by atomic mass is 15.2. The second-order valence-corrected chi connectivity index (χ2v) is 4.47. The molecule has 0 amide bonds. The van der Waals surface area contributed by atoms with Crippen molar-refractivity contribution >= 4 is 5.82 Å². The van der Waals surface area contributed by atoms with Gasteiger partial charge in [-0.05, 0) is 25.8 Å². The molecule has 17 heavy (non-hydrogen) atoms. The van der Waals surface area contributed by atoms with Crippen molar-refractivity contribution < 1.29 is 0 Å². The Hall–Kier alpha value is -1.35. The number of hydrogen-bond donors (Lipinski definition) is 1. The summed E-state index contributed by atoms with van der Waals surface area (Å²) in [5.41, 5.74) is 1.28. The van der Waals surface area contributed by atoms with Gasteiger partial charge in [-0.25, -0.2) is 4.98 Å². The minimum absolute atomic E-state index is 0.734. The highest BCUT2D eigenvalue weighted by Crippen LogP contribution is 2.22. The number of anilines is 1. The standard InChI is InChI=1S/C14H21N3/c1-3-10-17(4-2)14-12(6-5-9-15-14)11-16-13-7-8-13/h3,5-6,9,13,16H,1,4,7-8,10-11H2,2H3. The van der Waals surface area contributed by atoms with Gasteiger partial charge in [-0.3, -0.25) is 0 Å². The molecule has 3 heteroatoms. The van der Waals surface area contributed by atoms with Crippen LogP contribution in [0, 0.1) is 0 Å². The highest BCUT2D eigenvalue weighted by molar-refractivity contribution is 5.47. The molecule has 0 aromatic carbocycles. The van der Waals surface area contributed by atoms with Gasteiger partial charge < -0.3 is 10.2 Å². The first kappa shape index (κ1) is 12.1. The molecule has 1 fully saturated rings. The number of likely N-dealkylation sites (N-methyl/N-ethyl adjacent to an activating group) is 1. The molecular formula is C14H21N3. The number of rotatable bonds is 7. The van der Waals surface area contributed by atoms with Crippen LogP contribution < -0.4 is 10.2 Å². The van der Waals surface area contributed by atoms with Gasteiger partial charge in [-0.15, -0.1) is 6.58 Å². The predicted octanol–water partition coefficient (Wildman–Crippen LogP) is 2.35. The Kier molecular flexibility index (Phi) is 4.15. The smallest absolute Gasteiger partial charge is 0.133 e. The molecule has 1 aromatic heterocycles. The molecule has 2 rings (SSSR count). The summed E-state index contributed by atoms with van der Waals surface area (Å²) in [5, 5.41) is 3.54. The summed E-state index contributed by atoms with van der Waals surface area (Å²) >= 11 is 0. The fourth-order valence-corrected chi connectivity index (χ4v) is 1.92. The average molecular weight is 231 g/mol. The van der Waals surface area contributed by atoms with E-state index in [0.717, 1.165) is 31.5 Å². The van der Waals surface area contributed by atoms with Gasteiger partial charge in [0.15, 0.2) is 0 Å². The van der Waals surface area contributed by atoms with Gasteiger partial charge in [0.1, 0.15) is 5.82 Å². The summed E-state index contributed by atoms with van der Waals surface area (Å²) in [5.74, 6) is 1.09. The first-order valence-corrected chi connectivity index (χ1v) is 6.38. The second kappa shape index (κ2) is 5.82. The van der Waals surface area contributed by atoms with Gasteiger partial charge in [-0.2, -0.15) is 0 Å². The summed E-state index contributed by atoms with van der Waals surface area (Å²) < 4.78 is 0. The maximum Gasteiger partial charge on any atom is 0.133 e. The normalized spacial score (nSPS) is 14.6. The van der Waals surface area contributed by atoms with Gasteiger partial charge in [-0.1, -0.05) is 12.1 Å². The molecule has 1 N–H and O–H groups in total. The molecular weight excluding hydrogens is 210 g/mol. The lowest BCUT2D eigenvalue weighted by Gasteiger charge is -2.23. The third-order valence-electron chi connectivity index (χ3n) is 3.06. The van der Waals surface area contributed by atoms with Crippen molar-refractivity contribution in [1.82, 2.24) is 10.3 Å². The largest absolute Gasteiger partial charge is 0.353 e. The van der Waals surface area contributed by atoms with Crippen LogP contribution in [-0.4, -0.2) is 24.1 Å². The molecule has 3 nitrogen and oxygen atoms in total. The molecule has 1 heterocycles. The average Bonchev–Trinajstić information content (AvgIpc) is 3.18. The Labute approximate surface area is 104 Å². The van der Waals surface area contributed by atoms with E-state index in [1.807, 2.05) is 18.3 Å². The summed E-state index contributed by atoms with van der Waals surface area (Å²) in [7, 11) is 0. The Morgan fingerprint density at radius 3 is 3.06 bits per heavy atom. The molecule has 92 valence electrons. The molecule has 0 bridgehead atoms. The lowest BCUT2D eigenvalue weighted by Crippen LogP contribution is -2.26. The summed E-state index contributed by atoms with van der Waals surface area (Å²) in [6.07, 6.45) is 6.43. The van der Waals surface area contributed by atoms with Crippen molar-refractivity contribution in [1.29, 1.82) is 0 Å². The lowest BCUT2D eigenvalue weighted by molar-refractivity contribution is 0.682. The van der Waals surface area contributed by atoms with Gasteiger partial charge in [0.25, 0.3) is 0 Å². The van der Waals surface area contributed by atoms with Crippen LogP contribution in [0.1, 0.15) is 25.3 Å². The summed E-state index contributed by atoms with van der Waals surface area (Å²) in [4.78, 5) is 6.75. The van der Waals surface area contributed by atoms with Crippen molar-refractivity contribution in [3.05, 3.63) is 36.5 Å². The fourth-order valence-electron chi connectivity index (χ4n) is 1.92. The van der Waals surface area contributed by atoms with E-state index in [1.165, 1.54) is 18.4 Å². The van der Waals surface area contributed by atoms with Crippen molar-refractivity contribution in [2.45, 2.75) is 32.4 Å². The van der Waals surface area contributed by atoms with Crippen LogP contribution in [0.25, 0.3) is 0 Å². The zero-order valence-electron chi connectivity index (χ0n) is 10.5. The molecule has 1 aromatic rings. The number of aromatic nitrogens is 1. The van der Waals surface area contributed by atoms with E-state index in [-0.39, 0.29) is 0 Å². The molecule has 1 aliphatic rings. The van der Waals surface area contributed by atoms with Crippen LogP contribution in [0.2, 0.25) is 0 Å². The molecule has 1 saturated carbocycles. The van der Waals surface area contributed by atoms with E-state index in [0.29, 0.717) is 0 Å². The van der Waals surface area contributed by atoms with Gasteiger partial charge in [0.05, 0.1) is 0 Å². The molecule has 0 spiro atoms. The van der Waals surface area contributed by atoms with Crippen molar-refractivity contribution in [2.24, 2.45) is 0 Å². The Morgan fingerprint density at radius 1 is 1.59 bits per heavy atom. The van der Waals surface area contributed by atoms with E-state index in [1.54, 1.807) is 0 Å². The maximum absolute atomic E-state index is 4.50.